The summed E-state index contributed by atoms with van der Waals surface area (Å²) in [7, 11) is 0. The van der Waals surface area contributed by atoms with Gasteiger partial charge in [-0.15, -0.1) is 0 Å². The number of pyridine rings is 2. The smallest absolute Gasteiger partial charge is 0.413 e. The first-order valence-electron chi connectivity index (χ1n) is 13.7. The number of nitrogens with zero attached hydrogens (tertiary/aromatic N) is 5. The Morgan fingerprint density at radius 2 is 1.78 bits per heavy atom. The van der Waals surface area contributed by atoms with Gasteiger partial charge in [0.15, 0.2) is 0 Å². The molecule has 0 aromatic carbocycles. The molecule has 12 heteroatoms. The van der Waals surface area contributed by atoms with Crippen molar-refractivity contribution < 1.29 is 32.6 Å². The van der Waals surface area contributed by atoms with Crippen molar-refractivity contribution >= 4 is 23.4 Å². The Balaban J connectivity index is 1.59. The van der Waals surface area contributed by atoms with Crippen LogP contribution in [0.3, 0.4) is 0 Å². The molecule has 2 aliphatic heterocycles. The highest BCUT2D eigenvalue weighted by Crippen LogP contribution is 2.39. The van der Waals surface area contributed by atoms with Gasteiger partial charge < -0.3 is 14.2 Å². The van der Waals surface area contributed by atoms with Crippen LogP contribution in [-0.4, -0.2) is 87.9 Å². The number of carbonyl (C=O) groups is 2. The minimum atomic E-state index is -4.24. The Hall–Kier alpha value is -3.64. The number of anilines is 1. The number of piperazine rings is 1. The van der Waals surface area contributed by atoms with Crippen molar-refractivity contribution in [2.45, 2.75) is 52.4 Å². The zero-order chi connectivity index (χ0) is 29.6. The Morgan fingerprint density at radius 3 is 2.41 bits per heavy atom. The lowest BCUT2D eigenvalue weighted by Gasteiger charge is -2.39. The molecule has 41 heavy (non-hydrogen) atoms. The topological polar surface area (TPSA) is 90.6 Å². The van der Waals surface area contributed by atoms with Gasteiger partial charge >= 0.3 is 18.2 Å². The fourth-order valence-electron chi connectivity index (χ4n) is 6.06. The lowest BCUT2D eigenvalue weighted by atomic mass is 9.97. The lowest BCUT2D eigenvalue weighted by Crippen LogP contribution is -2.49. The fraction of sp³-hybridized carbons (Fsp3) is 0.483. The van der Waals surface area contributed by atoms with Gasteiger partial charge in [-0.2, -0.15) is 13.2 Å². The van der Waals surface area contributed by atoms with Gasteiger partial charge in [-0.05, 0) is 63.4 Å². The van der Waals surface area contributed by atoms with E-state index in [0.717, 1.165) is 33.5 Å². The lowest BCUT2D eigenvalue weighted by molar-refractivity contribution is -0.149. The third-order valence-electron chi connectivity index (χ3n) is 7.97. The van der Waals surface area contributed by atoms with Gasteiger partial charge in [-0.25, -0.2) is 14.6 Å². The largest absolute Gasteiger partial charge is 0.465 e. The number of carbonyl (C=O) groups excluding carboxylic acids is 1. The van der Waals surface area contributed by atoms with Crippen LogP contribution in [0.4, 0.5) is 23.8 Å². The first kappa shape index (κ1) is 28.9. The second-order valence-corrected chi connectivity index (χ2v) is 11.0. The summed E-state index contributed by atoms with van der Waals surface area (Å²) in [4.78, 5) is 34.1. The Kier molecular flexibility index (Phi) is 7.73. The molecule has 3 aromatic rings. The summed E-state index contributed by atoms with van der Waals surface area (Å²) in [6.07, 6.45) is -1.59. The number of hydrogen-bond acceptors (Lipinski definition) is 6. The van der Waals surface area contributed by atoms with E-state index in [1.165, 1.54) is 9.80 Å². The van der Waals surface area contributed by atoms with Gasteiger partial charge in [0.1, 0.15) is 5.82 Å². The molecule has 0 bridgehead atoms. The van der Waals surface area contributed by atoms with Crippen LogP contribution >= 0.6 is 0 Å². The highest BCUT2D eigenvalue weighted by Gasteiger charge is 2.34. The summed E-state index contributed by atoms with van der Waals surface area (Å²) < 4.78 is 46.5. The molecular formula is C29H34F3N5O4. The molecule has 1 unspecified atom stereocenters. The van der Waals surface area contributed by atoms with E-state index in [4.69, 9.17) is 4.74 Å². The van der Waals surface area contributed by atoms with Crippen molar-refractivity contribution in [3.05, 3.63) is 53.0 Å². The highest BCUT2D eigenvalue weighted by atomic mass is 19.4. The predicted molar refractivity (Wildman–Crippen MR) is 147 cm³/mol. The molecule has 2 aliphatic rings. The second-order valence-electron chi connectivity index (χ2n) is 11.0. The molecule has 0 radical (unpaired) electrons. The van der Waals surface area contributed by atoms with Crippen LogP contribution in [0.1, 0.15) is 54.0 Å². The molecular weight excluding hydrogens is 539 g/mol. The minimum Gasteiger partial charge on any atom is -0.465 e. The number of esters is 1. The van der Waals surface area contributed by atoms with Crippen LogP contribution in [0.5, 0.6) is 0 Å². The number of alkyl halides is 3. The maximum absolute atomic E-state index is 13.3. The van der Waals surface area contributed by atoms with Gasteiger partial charge in [0.25, 0.3) is 0 Å². The van der Waals surface area contributed by atoms with E-state index in [-0.39, 0.29) is 12.1 Å². The highest BCUT2D eigenvalue weighted by molar-refractivity contribution is 5.97. The van der Waals surface area contributed by atoms with Gasteiger partial charge in [-0.3, -0.25) is 14.7 Å². The summed E-state index contributed by atoms with van der Waals surface area (Å²) in [5, 5.41) is 9.61. The van der Waals surface area contributed by atoms with E-state index < -0.39 is 24.8 Å². The van der Waals surface area contributed by atoms with Crippen molar-refractivity contribution in [3.63, 3.8) is 0 Å². The minimum absolute atomic E-state index is 0.205. The molecule has 1 atom stereocenters. The van der Waals surface area contributed by atoms with E-state index in [1.807, 2.05) is 42.6 Å². The van der Waals surface area contributed by atoms with E-state index >= 15 is 0 Å². The number of carboxylic acid groups (broad SMARTS) is 1. The number of halogens is 3. The first-order valence-corrected chi connectivity index (χ1v) is 13.7. The average molecular weight is 574 g/mol. The third kappa shape index (κ3) is 5.62. The van der Waals surface area contributed by atoms with Crippen LogP contribution in [-0.2, 0) is 11.2 Å². The standard InChI is InChI=1S/C29H34F3N5O4/c1-17(2)41-27(38)23-15-24-21(20-5-8-33-26-22(20)7-10-37(26)28(39)40)6-9-36(24)25(18(23)3)19(4)35-13-11-34(12-14-35)16-29(30,31)32/h5-6,8-9,15,17,19H,7,10-14,16H2,1-4H3,(H,39,40). The average Bonchev–Trinajstić information content (AvgIpc) is 3.51. The molecule has 5 heterocycles. The number of fused-ring (bicyclic) bond motifs is 2. The zero-order valence-corrected chi connectivity index (χ0v) is 23.5. The van der Waals surface area contributed by atoms with Gasteiger partial charge in [0, 0.05) is 68.0 Å². The van der Waals surface area contributed by atoms with Gasteiger partial charge in [0.2, 0.25) is 0 Å². The van der Waals surface area contributed by atoms with Crippen molar-refractivity contribution in [2.75, 3.05) is 44.2 Å². The zero-order valence-electron chi connectivity index (χ0n) is 23.5. The summed E-state index contributed by atoms with van der Waals surface area (Å²) in [5.74, 6) is -0.0428. The summed E-state index contributed by atoms with van der Waals surface area (Å²) >= 11 is 0. The number of hydrogen-bond donors (Lipinski definition) is 1. The van der Waals surface area contributed by atoms with Crippen LogP contribution < -0.4 is 4.90 Å². The maximum Gasteiger partial charge on any atom is 0.413 e. The maximum atomic E-state index is 13.3. The van der Waals surface area contributed by atoms with Crippen LogP contribution in [0.15, 0.2) is 30.6 Å². The van der Waals surface area contributed by atoms with Gasteiger partial charge in [0.05, 0.1) is 23.7 Å². The molecule has 1 fully saturated rings. The number of rotatable bonds is 6. The Morgan fingerprint density at radius 1 is 1.07 bits per heavy atom. The van der Waals surface area contributed by atoms with Crippen LogP contribution in [0, 0.1) is 6.92 Å². The molecule has 9 nitrogen and oxygen atoms in total. The van der Waals surface area contributed by atoms with Crippen molar-refractivity contribution in [1.29, 1.82) is 0 Å². The Labute approximate surface area is 236 Å². The predicted octanol–water partition coefficient (Wildman–Crippen LogP) is 5.16. The normalized spacial score (nSPS) is 17.3. The quantitative estimate of drug-likeness (QED) is 0.408. The molecule has 0 spiro atoms. The number of amides is 1. The fourth-order valence-corrected chi connectivity index (χ4v) is 6.06. The van der Waals surface area contributed by atoms with Crippen LogP contribution in [0.2, 0.25) is 0 Å². The van der Waals surface area contributed by atoms with E-state index in [0.29, 0.717) is 50.5 Å². The molecule has 220 valence electrons. The molecule has 5 rings (SSSR count). The molecule has 0 aliphatic carbocycles. The van der Waals surface area contributed by atoms with Gasteiger partial charge in [-0.1, -0.05) is 0 Å². The molecule has 0 saturated carbocycles. The number of aromatic nitrogens is 2. The summed E-state index contributed by atoms with van der Waals surface area (Å²) in [6, 6.07) is 5.41. The van der Waals surface area contributed by atoms with Crippen molar-refractivity contribution in [3.8, 4) is 11.1 Å². The second kappa shape index (κ2) is 11.0. The summed E-state index contributed by atoms with van der Waals surface area (Å²) in [6.45, 7) is 8.33. The van der Waals surface area contributed by atoms with E-state index in [2.05, 4.69) is 9.88 Å². The monoisotopic (exact) mass is 573 g/mol. The molecule has 1 saturated heterocycles. The first-order chi connectivity index (χ1) is 19.4. The molecule has 3 aromatic heterocycles. The van der Waals surface area contributed by atoms with Crippen LogP contribution in [0.25, 0.3) is 16.6 Å². The van der Waals surface area contributed by atoms with E-state index in [9.17, 15) is 27.9 Å². The number of ether oxygens (including phenoxy) is 1. The Bertz CT molecular complexity index is 1480. The van der Waals surface area contributed by atoms with Crippen molar-refractivity contribution in [2.24, 2.45) is 0 Å². The SMILES string of the molecule is Cc1c(C(=O)OC(C)C)cc2c(-c3ccnc4c3CCN4C(=O)O)ccn2c1C(C)N1CCN(CC(F)(F)F)CC1. The third-order valence-corrected chi connectivity index (χ3v) is 7.97. The van der Waals surface area contributed by atoms with E-state index in [1.54, 1.807) is 20.0 Å². The summed E-state index contributed by atoms with van der Waals surface area (Å²) in [5.41, 5.74) is 5.27. The molecule has 1 amide bonds. The molecule has 1 N–H and O–H groups in total. The van der Waals surface area contributed by atoms with Crippen molar-refractivity contribution in [1.82, 2.24) is 19.2 Å².